The highest BCUT2D eigenvalue weighted by atomic mass is 19.1. The molecule has 1 N–H and O–H groups in total. The fourth-order valence-corrected chi connectivity index (χ4v) is 3.19. The number of hydrogen-bond donors (Lipinski definition) is 1. The summed E-state index contributed by atoms with van der Waals surface area (Å²) in [5.41, 5.74) is 1.88. The molecule has 1 saturated heterocycles. The lowest BCUT2D eigenvalue weighted by Crippen LogP contribution is -2.36. The maximum absolute atomic E-state index is 13.2. The van der Waals surface area contributed by atoms with Crippen molar-refractivity contribution in [2.75, 3.05) is 6.61 Å². The Kier molecular flexibility index (Phi) is 4.19. The van der Waals surface area contributed by atoms with Crippen molar-refractivity contribution in [3.05, 3.63) is 71.9 Å². The number of carbonyl (C=O) groups excluding carboxylic acids is 1. The van der Waals surface area contributed by atoms with Crippen LogP contribution in [0.15, 0.2) is 54.9 Å². The summed E-state index contributed by atoms with van der Waals surface area (Å²) in [6.07, 6.45) is 5.23. The Hall–Kier alpha value is -2.73. The first-order valence-corrected chi connectivity index (χ1v) is 8.32. The Balaban J connectivity index is 1.60. The van der Waals surface area contributed by atoms with Crippen LogP contribution in [0.4, 0.5) is 4.39 Å². The quantitative estimate of drug-likeness (QED) is 0.794. The number of halogens is 1. The normalized spacial score (nSPS) is 18.4. The summed E-state index contributed by atoms with van der Waals surface area (Å²) in [4.78, 5) is 17.1. The van der Waals surface area contributed by atoms with Crippen molar-refractivity contribution in [3.63, 3.8) is 0 Å². The monoisotopic (exact) mass is 339 g/mol. The van der Waals surface area contributed by atoms with Crippen molar-refractivity contribution >= 4 is 11.6 Å². The van der Waals surface area contributed by atoms with Gasteiger partial charge in [0.2, 0.25) is 0 Å². The highest BCUT2D eigenvalue weighted by molar-refractivity contribution is 5.93. The Bertz CT molecular complexity index is 852. The Morgan fingerprint density at radius 1 is 1.28 bits per heavy atom. The van der Waals surface area contributed by atoms with Crippen LogP contribution in [0, 0.1) is 5.82 Å². The van der Waals surface area contributed by atoms with Crippen LogP contribution in [0.2, 0.25) is 0 Å². The number of aromatic nitrogens is 2. The van der Waals surface area contributed by atoms with Crippen molar-refractivity contribution in [1.82, 2.24) is 14.7 Å². The number of benzene rings is 1. The largest absolute Gasteiger partial charge is 0.376 e. The lowest BCUT2D eigenvalue weighted by atomic mass is 9.99. The molecule has 6 heteroatoms. The highest BCUT2D eigenvalue weighted by Crippen LogP contribution is 2.27. The van der Waals surface area contributed by atoms with Crippen LogP contribution in [0.5, 0.6) is 0 Å². The molecular formula is C19H18FN3O2. The number of hydrogen-bond acceptors (Lipinski definition) is 3. The van der Waals surface area contributed by atoms with E-state index in [1.54, 1.807) is 22.7 Å². The Morgan fingerprint density at radius 3 is 2.84 bits per heavy atom. The van der Waals surface area contributed by atoms with Gasteiger partial charge in [0.25, 0.3) is 5.91 Å². The van der Waals surface area contributed by atoms with E-state index in [9.17, 15) is 9.18 Å². The molecule has 128 valence electrons. The molecule has 0 aliphatic carbocycles. The second kappa shape index (κ2) is 6.64. The summed E-state index contributed by atoms with van der Waals surface area (Å²) < 4.78 is 20.8. The molecule has 3 aromatic rings. The molecule has 2 unspecified atom stereocenters. The summed E-state index contributed by atoms with van der Waals surface area (Å²) in [7, 11) is 0. The first-order valence-electron chi connectivity index (χ1n) is 8.32. The van der Waals surface area contributed by atoms with E-state index >= 15 is 0 Å². The molecule has 0 radical (unpaired) electrons. The number of carbonyl (C=O) groups is 1. The van der Waals surface area contributed by atoms with E-state index in [0.29, 0.717) is 17.9 Å². The fourth-order valence-electron chi connectivity index (χ4n) is 3.19. The molecule has 1 aliphatic heterocycles. The molecule has 0 bridgehead atoms. The first kappa shape index (κ1) is 15.8. The van der Waals surface area contributed by atoms with E-state index < -0.39 is 0 Å². The zero-order valence-electron chi connectivity index (χ0n) is 13.6. The molecule has 25 heavy (non-hydrogen) atoms. The van der Waals surface area contributed by atoms with Gasteiger partial charge in [-0.15, -0.1) is 0 Å². The number of nitrogens with one attached hydrogen (secondary N) is 1. The van der Waals surface area contributed by atoms with E-state index in [0.717, 1.165) is 18.4 Å². The van der Waals surface area contributed by atoms with Gasteiger partial charge in [-0.25, -0.2) is 9.37 Å². The minimum atomic E-state index is -0.333. The molecule has 3 heterocycles. The first-order chi connectivity index (χ1) is 12.2. The number of pyridine rings is 1. The average molecular weight is 339 g/mol. The highest BCUT2D eigenvalue weighted by Gasteiger charge is 2.29. The van der Waals surface area contributed by atoms with Crippen molar-refractivity contribution in [2.24, 2.45) is 0 Å². The van der Waals surface area contributed by atoms with Gasteiger partial charge in [-0.2, -0.15) is 0 Å². The zero-order chi connectivity index (χ0) is 17.2. The van der Waals surface area contributed by atoms with Crippen LogP contribution < -0.4 is 5.32 Å². The fraction of sp³-hybridized carbons (Fsp3) is 0.263. The molecule has 1 fully saturated rings. The van der Waals surface area contributed by atoms with Gasteiger partial charge < -0.3 is 14.5 Å². The molecule has 0 spiro atoms. The maximum Gasteiger partial charge on any atom is 0.272 e. The average Bonchev–Trinajstić information content (AvgIpc) is 3.30. The van der Waals surface area contributed by atoms with Crippen LogP contribution in [0.3, 0.4) is 0 Å². The predicted octanol–water partition coefficient (Wildman–Crippen LogP) is 3.12. The molecule has 2 aromatic heterocycles. The number of nitrogens with zero attached hydrogens (tertiary/aromatic N) is 2. The van der Waals surface area contributed by atoms with E-state index in [1.807, 2.05) is 24.4 Å². The van der Waals surface area contributed by atoms with Gasteiger partial charge in [0.1, 0.15) is 17.2 Å². The Labute approximate surface area is 144 Å². The smallest absolute Gasteiger partial charge is 0.272 e. The zero-order valence-corrected chi connectivity index (χ0v) is 13.6. The molecule has 1 aliphatic rings. The second-order valence-corrected chi connectivity index (χ2v) is 6.15. The van der Waals surface area contributed by atoms with Crippen LogP contribution in [-0.4, -0.2) is 28.0 Å². The van der Waals surface area contributed by atoms with Gasteiger partial charge in [-0.3, -0.25) is 4.79 Å². The number of fused-ring (bicyclic) bond motifs is 1. The molecule has 0 saturated carbocycles. The van der Waals surface area contributed by atoms with Gasteiger partial charge in [0.15, 0.2) is 0 Å². The van der Waals surface area contributed by atoms with Gasteiger partial charge in [0.05, 0.1) is 12.1 Å². The van der Waals surface area contributed by atoms with Crippen molar-refractivity contribution in [3.8, 4) is 0 Å². The minimum absolute atomic E-state index is 0.119. The minimum Gasteiger partial charge on any atom is -0.376 e. The predicted molar refractivity (Wildman–Crippen MR) is 90.8 cm³/mol. The summed E-state index contributed by atoms with van der Waals surface area (Å²) in [6, 6.07) is 11.4. The third-order valence-electron chi connectivity index (χ3n) is 4.45. The SMILES string of the molecule is O=C(NC(c1ccc(F)cc1)C1CCCO1)c1cn2ccccc2n1. The number of imidazole rings is 1. The topological polar surface area (TPSA) is 55.6 Å². The third-order valence-corrected chi connectivity index (χ3v) is 4.45. The third kappa shape index (κ3) is 3.25. The molecule has 1 aromatic carbocycles. The van der Waals surface area contributed by atoms with Gasteiger partial charge in [-0.05, 0) is 42.7 Å². The van der Waals surface area contributed by atoms with Crippen molar-refractivity contribution in [1.29, 1.82) is 0 Å². The van der Waals surface area contributed by atoms with E-state index in [4.69, 9.17) is 4.74 Å². The molecule has 5 nitrogen and oxygen atoms in total. The summed E-state index contributed by atoms with van der Waals surface area (Å²) in [6.45, 7) is 0.673. The number of amides is 1. The summed E-state index contributed by atoms with van der Waals surface area (Å²) in [5.74, 6) is -0.574. The lowest BCUT2D eigenvalue weighted by Gasteiger charge is -2.24. The van der Waals surface area contributed by atoms with E-state index in [2.05, 4.69) is 10.3 Å². The van der Waals surface area contributed by atoms with E-state index in [-0.39, 0.29) is 23.9 Å². The lowest BCUT2D eigenvalue weighted by molar-refractivity contribution is 0.0670. The molecule has 2 atom stereocenters. The second-order valence-electron chi connectivity index (χ2n) is 6.15. The van der Waals surface area contributed by atoms with E-state index in [1.165, 1.54) is 12.1 Å². The van der Waals surface area contributed by atoms with Crippen LogP contribution in [0.25, 0.3) is 5.65 Å². The molecule has 1 amide bonds. The van der Waals surface area contributed by atoms with Crippen LogP contribution in [-0.2, 0) is 4.74 Å². The summed E-state index contributed by atoms with van der Waals surface area (Å²) in [5, 5.41) is 3.01. The molecule has 4 rings (SSSR count). The van der Waals surface area contributed by atoms with Crippen molar-refractivity contribution < 1.29 is 13.9 Å². The van der Waals surface area contributed by atoms with Gasteiger partial charge in [0, 0.05) is 19.0 Å². The maximum atomic E-state index is 13.2. The van der Waals surface area contributed by atoms with Crippen LogP contribution in [0.1, 0.15) is 34.9 Å². The number of ether oxygens (including phenoxy) is 1. The standard InChI is InChI=1S/C19H18FN3O2/c20-14-8-6-13(7-9-14)18(16-4-3-11-25-16)22-19(24)15-12-23-10-2-1-5-17(23)21-15/h1-2,5-10,12,16,18H,3-4,11H2,(H,22,24). The number of rotatable bonds is 4. The summed E-state index contributed by atoms with van der Waals surface area (Å²) >= 11 is 0. The van der Waals surface area contributed by atoms with Crippen molar-refractivity contribution in [2.45, 2.75) is 25.0 Å². The van der Waals surface area contributed by atoms with Gasteiger partial charge >= 0.3 is 0 Å². The Morgan fingerprint density at radius 2 is 2.12 bits per heavy atom. The van der Waals surface area contributed by atoms with Gasteiger partial charge in [-0.1, -0.05) is 18.2 Å². The molecular weight excluding hydrogens is 321 g/mol. The van der Waals surface area contributed by atoms with Crippen LogP contribution >= 0.6 is 0 Å².